The second kappa shape index (κ2) is 7.70. The Morgan fingerprint density at radius 1 is 1.32 bits per heavy atom. The predicted octanol–water partition coefficient (Wildman–Crippen LogP) is 1.79. The number of nitrogens with one attached hydrogen (secondary N) is 1. The van der Waals surface area contributed by atoms with E-state index in [4.69, 9.17) is 0 Å². The van der Waals surface area contributed by atoms with Gasteiger partial charge in [-0.15, -0.1) is 5.10 Å². The number of para-hydroxylation sites is 1. The molecule has 0 spiro atoms. The second-order valence-electron chi connectivity index (χ2n) is 5.62. The Labute approximate surface area is 131 Å². The van der Waals surface area contributed by atoms with Crippen LogP contribution in [0.1, 0.15) is 31.5 Å². The molecular weight excluding hydrogens is 278 g/mol. The summed E-state index contributed by atoms with van der Waals surface area (Å²) in [6, 6.07) is 9.63. The van der Waals surface area contributed by atoms with Gasteiger partial charge in [-0.2, -0.15) is 0 Å². The minimum absolute atomic E-state index is 0.0450. The molecule has 0 unspecified atom stereocenters. The number of aromatic nitrogens is 3. The van der Waals surface area contributed by atoms with Crippen molar-refractivity contribution in [1.29, 1.82) is 0 Å². The van der Waals surface area contributed by atoms with Crippen LogP contribution < -0.4 is 5.32 Å². The predicted molar refractivity (Wildman–Crippen MR) is 85.7 cm³/mol. The number of carbonyl (C=O) groups excluding carboxylic acids is 1. The molecule has 22 heavy (non-hydrogen) atoms. The lowest BCUT2D eigenvalue weighted by Crippen LogP contribution is -2.27. The molecule has 0 radical (unpaired) electrons. The number of rotatable bonds is 7. The van der Waals surface area contributed by atoms with Gasteiger partial charge in [0.05, 0.1) is 17.9 Å². The molecule has 0 saturated heterocycles. The molecule has 1 heterocycles. The highest BCUT2D eigenvalue weighted by Gasteiger charge is 2.13. The van der Waals surface area contributed by atoms with Crippen molar-refractivity contribution < 1.29 is 4.79 Å². The van der Waals surface area contributed by atoms with Crippen molar-refractivity contribution in [1.82, 2.24) is 25.2 Å². The van der Waals surface area contributed by atoms with E-state index in [9.17, 15) is 4.79 Å². The van der Waals surface area contributed by atoms with Crippen molar-refractivity contribution in [2.24, 2.45) is 0 Å². The van der Waals surface area contributed by atoms with Gasteiger partial charge in [0.25, 0.3) is 0 Å². The van der Waals surface area contributed by atoms with E-state index < -0.39 is 0 Å². The van der Waals surface area contributed by atoms with Gasteiger partial charge in [-0.05, 0) is 46.1 Å². The van der Waals surface area contributed by atoms with Gasteiger partial charge in [-0.1, -0.05) is 23.4 Å². The molecule has 1 amide bonds. The van der Waals surface area contributed by atoms with Crippen LogP contribution in [0.3, 0.4) is 0 Å². The Morgan fingerprint density at radius 2 is 2.05 bits per heavy atom. The fraction of sp³-hybridized carbons (Fsp3) is 0.438. The van der Waals surface area contributed by atoms with Crippen LogP contribution in [0.5, 0.6) is 0 Å². The maximum atomic E-state index is 11.9. The normalized spacial score (nSPS) is 12.4. The molecule has 0 fully saturated rings. The zero-order chi connectivity index (χ0) is 15.9. The molecule has 6 nitrogen and oxygen atoms in total. The minimum Gasteiger partial charge on any atom is -0.348 e. The van der Waals surface area contributed by atoms with E-state index in [0.29, 0.717) is 6.42 Å². The highest BCUT2D eigenvalue weighted by molar-refractivity contribution is 5.76. The van der Waals surface area contributed by atoms with Gasteiger partial charge in [0.1, 0.15) is 5.69 Å². The van der Waals surface area contributed by atoms with Crippen molar-refractivity contribution in [2.75, 3.05) is 20.6 Å². The van der Waals surface area contributed by atoms with Gasteiger partial charge in [0.2, 0.25) is 5.91 Å². The van der Waals surface area contributed by atoms with Gasteiger partial charge in [-0.3, -0.25) is 4.79 Å². The first kappa shape index (κ1) is 16.2. The lowest BCUT2D eigenvalue weighted by Gasteiger charge is -2.12. The standard InChI is InChI=1S/C16H23N5O/c1-13(17-16(22)10-7-11-20(2)3)15-12-21(19-18-15)14-8-5-4-6-9-14/h4-6,8-9,12-13H,7,10-11H2,1-3H3,(H,17,22)/t13-/m0/s1. The quantitative estimate of drug-likeness (QED) is 0.847. The highest BCUT2D eigenvalue weighted by atomic mass is 16.1. The maximum Gasteiger partial charge on any atom is 0.220 e. The maximum absolute atomic E-state index is 11.9. The van der Waals surface area contributed by atoms with Crippen molar-refractivity contribution in [3.05, 3.63) is 42.2 Å². The third-order valence-electron chi connectivity index (χ3n) is 3.36. The Hall–Kier alpha value is -2.21. The third-order valence-corrected chi connectivity index (χ3v) is 3.36. The molecule has 118 valence electrons. The number of hydrogen-bond donors (Lipinski definition) is 1. The van der Waals surface area contributed by atoms with Crippen LogP contribution in [0.2, 0.25) is 0 Å². The molecule has 6 heteroatoms. The summed E-state index contributed by atoms with van der Waals surface area (Å²) < 4.78 is 1.71. The van der Waals surface area contributed by atoms with E-state index in [-0.39, 0.29) is 11.9 Å². The molecule has 1 aromatic carbocycles. The molecule has 2 aromatic rings. The van der Waals surface area contributed by atoms with E-state index in [0.717, 1.165) is 24.3 Å². The molecule has 1 atom stereocenters. The molecule has 0 aliphatic carbocycles. The van der Waals surface area contributed by atoms with E-state index in [1.165, 1.54) is 0 Å². The summed E-state index contributed by atoms with van der Waals surface area (Å²) in [7, 11) is 4.00. The Bertz CT molecular complexity index is 594. The summed E-state index contributed by atoms with van der Waals surface area (Å²) in [6.07, 6.45) is 3.22. The molecule has 2 rings (SSSR count). The van der Waals surface area contributed by atoms with Crippen LogP contribution in [-0.2, 0) is 4.79 Å². The van der Waals surface area contributed by atoms with Crippen LogP contribution in [0.15, 0.2) is 36.5 Å². The first-order valence-electron chi connectivity index (χ1n) is 7.48. The van der Waals surface area contributed by atoms with Crippen molar-refractivity contribution in [3.8, 4) is 5.69 Å². The van der Waals surface area contributed by atoms with E-state index in [1.54, 1.807) is 4.68 Å². The monoisotopic (exact) mass is 301 g/mol. The molecule has 0 aliphatic rings. The lowest BCUT2D eigenvalue weighted by molar-refractivity contribution is -0.121. The van der Waals surface area contributed by atoms with E-state index >= 15 is 0 Å². The lowest BCUT2D eigenvalue weighted by atomic mass is 10.2. The summed E-state index contributed by atoms with van der Waals surface area (Å²) in [5, 5.41) is 11.2. The number of hydrogen-bond acceptors (Lipinski definition) is 4. The smallest absolute Gasteiger partial charge is 0.220 e. The third kappa shape index (κ3) is 4.66. The van der Waals surface area contributed by atoms with Crippen molar-refractivity contribution in [3.63, 3.8) is 0 Å². The molecule has 0 aliphatic heterocycles. The first-order valence-corrected chi connectivity index (χ1v) is 7.48. The first-order chi connectivity index (χ1) is 10.6. The average molecular weight is 301 g/mol. The number of benzene rings is 1. The SMILES string of the molecule is C[C@H](NC(=O)CCCN(C)C)c1cn(-c2ccccc2)nn1. The number of nitrogens with zero attached hydrogens (tertiary/aromatic N) is 4. The van der Waals surface area contributed by atoms with E-state index in [1.807, 2.05) is 57.5 Å². The fourth-order valence-electron chi connectivity index (χ4n) is 2.13. The summed E-state index contributed by atoms with van der Waals surface area (Å²) in [5.74, 6) is 0.0450. The second-order valence-corrected chi connectivity index (χ2v) is 5.62. The zero-order valence-corrected chi connectivity index (χ0v) is 13.4. The van der Waals surface area contributed by atoms with Crippen LogP contribution in [0, 0.1) is 0 Å². The Balaban J connectivity index is 1.89. The van der Waals surface area contributed by atoms with Gasteiger partial charge in [-0.25, -0.2) is 4.68 Å². The van der Waals surface area contributed by atoms with Crippen LogP contribution in [0.25, 0.3) is 5.69 Å². The van der Waals surface area contributed by atoms with Crippen LogP contribution in [-0.4, -0.2) is 46.4 Å². The largest absolute Gasteiger partial charge is 0.348 e. The Kier molecular flexibility index (Phi) is 5.66. The summed E-state index contributed by atoms with van der Waals surface area (Å²) in [4.78, 5) is 14.0. The van der Waals surface area contributed by atoms with Gasteiger partial charge >= 0.3 is 0 Å². The topological polar surface area (TPSA) is 63.1 Å². The molecule has 0 bridgehead atoms. The van der Waals surface area contributed by atoms with Crippen molar-refractivity contribution >= 4 is 5.91 Å². The molecule has 1 aromatic heterocycles. The molecule has 1 N–H and O–H groups in total. The van der Waals surface area contributed by atoms with Crippen molar-refractivity contribution in [2.45, 2.75) is 25.8 Å². The minimum atomic E-state index is -0.149. The van der Waals surface area contributed by atoms with Crippen LogP contribution in [0.4, 0.5) is 0 Å². The fourth-order valence-corrected chi connectivity index (χ4v) is 2.13. The van der Waals surface area contributed by atoms with Gasteiger partial charge in [0, 0.05) is 6.42 Å². The van der Waals surface area contributed by atoms with Gasteiger partial charge in [0.15, 0.2) is 0 Å². The average Bonchev–Trinajstić information content (AvgIpc) is 2.97. The summed E-state index contributed by atoms with van der Waals surface area (Å²) in [6.45, 7) is 2.83. The number of carbonyl (C=O) groups is 1. The van der Waals surface area contributed by atoms with Gasteiger partial charge < -0.3 is 10.2 Å². The molecular formula is C16H23N5O. The number of amides is 1. The zero-order valence-electron chi connectivity index (χ0n) is 13.4. The molecule has 0 saturated carbocycles. The van der Waals surface area contributed by atoms with Crippen LogP contribution >= 0.6 is 0 Å². The summed E-state index contributed by atoms with van der Waals surface area (Å²) in [5.41, 5.74) is 1.70. The highest BCUT2D eigenvalue weighted by Crippen LogP contribution is 2.12. The Morgan fingerprint density at radius 3 is 2.73 bits per heavy atom. The van der Waals surface area contributed by atoms with E-state index in [2.05, 4.69) is 20.5 Å². The summed E-state index contributed by atoms with van der Waals surface area (Å²) >= 11 is 0.